The molecule has 2 heterocycles. The molecule has 1 fully saturated rings. The van der Waals surface area contributed by atoms with Crippen molar-refractivity contribution in [3.8, 4) is 0 Å². The Morgan fingerprint density at radius 2 is 1.86 bits per heavy atom. The van der Waals surface area contributed by atoms with Crippen LogP contribution in [-0.2, 0) is 19.5 Å². The molecule has 7 heteroatoms. The average molecular weight is 378 g/mol. The highest BCUT2D eigenvalue weighted by atomic mass is 16.2. The maximum atomic E-state index is 12.7. The average Bonchev–Trinajstić information content (AvgIpc) is 2.70. The first-order chi connectivity index (χ1) is 13.4. The lowest BCUT2D eigenvalue weighted by Crippen LogP contribution is -2.45. The van der Waals surface area contributed by atoms with Crippen molar-refractivity contribution in [1.29, 1.82) is 0 Å². The van der Waals surface area contributed by atoms with Crippen molar-refractivity contribution in [1.82, 2.24) is 19.4 Å². The molecule has 1 amide bonds. The molecule has 7 nitrogen and oxygen atoms in total. The van der Waals surface area contributed by atoms with Gasteiger partial charge in [-0.2, -0.15) is 0 Å². The molecule has 1 aliphatic rings. The van der Waals surface area contributed by atoms with Gasteiger partial charge in [-0.25, -0.2) is 9.78 Å². The van der Waals surface area contributed by atoms with Crippen LogP contribution in [-0.4, -0.2) is 26.6 Å². The Balaban J connectivity index is 1.61. The van der Waals surface area contributed by atoms with Gasteiger partial charge >= 0.3 is 5.69 Å². The fraction of sp³-hybridized carbons (Fsp3) is 0.333. The Labute approximate surface area is 161 Å². The van der Waals surface area contributed by atoms with E-state index in [0.29, 0.717) is 12.1 Å². The van der Waals surface area contributed by atoms with Gasteiger partial charge in [0.05, 0.1) is 10.9 Å². The highest BCUT2D eigenvalue weighted by Gasteiger charge is 2.38. The molecule has 0 atom stereocenters. The van der Waals surface area contributed by atoms with Gasteiger partial charge in [0, 0.05) is 32.3 Å². The Kier molecular flexibility index (Phi) is 4.37. The van der Waals surface area contributed by atoms with E-state index >= 15 is 0 Å². The van der Waals surface area contributed by atoms with Crippen molar-refractivity contribution in [2.24, 2.45) is 14.1 Å². The molecule has 0 aliphatic heterocycles. The molecule has 4 rings (SSSR count). The minimum absolute atomic E-state index is 0.0266. The summed E-state index contributed by atoms with van der Waals surface area (Å²) in [6.45, 7) is 0.541. The minimum Gasteiger partial charge on any atom is -0.351 e. The number of aryl methyl sites for hydroxylation is 1. The molecule has 2 aromatic heterocycles. The molecule has 0 spiro atoms. The first-order valence-electron chi connectivity index (χ1n) is 9.32. The molecule has 28 heavy (non-hydrogen) atoms. The topological polar surface area (TPSA) is 86.0 Å². The van der Waals surface area contributed by atoms with Crippen molar-refractivity contribution in [2.45, 2.75) is 24.7 Å². The molecule has 144 valence electrons. The van der Waals surface area contributed by atoms with Gasteiger partial charge < -0.3 is 5.32 Å². The summed E-state index contributed by atoms with van der Waals surface area (Å²) in [6.07, 6.45) is 4.63. The first kappa shape index (κ1) is 18.2. The van der Waals surface area contributed by atoms with Crippen LogP contribution in [0.2, 0.25) is 0 Å². The van der Waals surface area contributed by atoms with Crippen LogP contribution in [0, 0.1) is 0 Å². The number of pyridine rings is 1. The number of carbonyl (C=O) groups is 1. The number of nitrogens with one attached hydrogen (secondary N) is 1. The molecule has 1 aliphatic carbocycles. The predicted octanol–water partition coefficient (Wildman–Crippen LogP) is 1.48. The predicted molar refractivity (Wildman–Crippen MR) is 107 cm³/mol. The van der Waals surface area contributed by atoms with Crippen LogP contribution < -0.4 is 16.6 Å². The van der Waals surface area contributed by atoms with E-state index in [9.17, 15) is 14.4 Å². The van der Waals surface area contributed by atoms with Crippen LogP contribution in [0.4, 0.5) is 0 Å². The third-order valence-electron chi connectivity index (χ3n) is 5.84. The summed E-state index contributed by atoms with van der Waals surface area (Å²) in [5.41, 5.74) is 0.885. The van der Waals surface area contributed by atoms with Crippen molar-refractivity contribution in [2.75, 3.05) is 6.54 Å². The zero-order valence-electron chi connectivity index (χ0n) is 15.9. The number of fused-ring (bicyclic) bond motifs is 1. The largest absolute Gasteiger partial charge is 0.351 e. The van der Waals surface area contributed by atoms with E-state index in [2.05, 4.69) is 22.4 Å². The highest BCUT2D eigenvalue weighted by molar-refractivity contribution is 5.96. The van der Waals surface area contributed by atoms with Crippen LogP contribution in [0.3, 0.4) is 0 Å². The summed E-state index contributed by atoms with van der Waals surface area (Å²) >= 11 is 0. The summed E-state index contributed by atoms with van der Waals surface area (Å²) < 4.78 is 2.32. The number of amides is 1. The van der Waals surface area contributed by atoms with E-state index in [-0.39, 0.29) is 22.4 Å². The van der Waals surface area contributed by atoms with Gasteiger partial charge in [0.25, 0.3) is 11.5 Å². The number of benzene rings is 1. The van der Waals surface area contributed by atoms with Crippen LogP contribution >= 0.6 is 0 Å². The van der Waals surface area contributed by atoms with Gasteiger partial charge in [-0.1, -0.05) is 36.8 Å². The molecular weight excluding hydrogens is 356 g/mol. The number of nitrogens with zero attached hydrogens (tertiary/aromatic N) is 3. The fourth-order valence-electron chi connectivity index (χ4n) is 3.90. The molecule has 3 aromatic rings. The number of carbonyl (C=O) groups excluding carboxylic acids is 1. The van der Waals surface area contributed by atoms with Crippen LogP contribution in [0.15, 0.2) is 52.2 Å². The standard InChI is InChI=1S/C21H22N4O3/c1-24-17-16(19(27)25(2)20(24)28)11-14(12-22-17)18(26)23-13-21(9-6-10-21)15-7-4-3-5-8-15/h3-5,7-8,11-12H,6,9-10,13H2,1-2H3,(H,23,26). The third kappa shape index (κ3) is 2.83. The van der Waals surface area contributed by atoms with Crippen LogP contribution in [0.1, 0.15) is 35.2 Å². The zero-order valence-corrected chi connectivity index (χ0v) is 15.9. The Morgan fingerprint density at radius 1 is 1.14 bits per heavy atom. The van der Waals surface area contributed by atoms with E-state index in [0.717, 1.165) is 23.8 Å². The molecule has 1 saturated carbocycles. The lowest BCUT2D eigenvalue weighted by molar-refractivity contribution is 0.0927. The molecule has 0 radical (unpaired) electrons. The fourth-order valence-corrected chi connectivity index (χ4v) is 3.90. The van der Waals surface area contributed by atoms with E-state index in [1.165, 1.54) is 29.4 Å². The lowest BCUT2D eigenvalue weighted by Gasteiger charge is -2.42. The quantitative estimate of drug-likeness (QED) is 0.745. The Morgan fingerprint density at radius 3 is 2.50 bits per heavy atom. The van der Waals surface area contributed by atoms with E-state index in [1.54, 1.807) is 7.05 Å². The molecular formula is C21H22N4O3. The number of hydrogen-bond acceptors (Lipinski definition) is 4. The van der Waals surface area contributed by atoms with Crippen molar-refractivity contribution in [3.63, 3.8) is 0 Å². The molecule has 0 bridgehead atoms. The highest BCUT2D eigenvalue weighted by Crippen LogP contribution is 2.43. The summed E-state index contributed by atoms with van der Waals surface area (Å²) in [6, 6.07) is 11.7. The van der Waals surface area contributed by atoms with E-state index in [1.807, 2.05) is 18.2 Å². The van der Waals surface area contributed by atoms with E-state index in [4.69, 9.17) is 0 Å². The molecule has 1 N–H and O–H groups in total. The van der Waals surface area contributed by atoms with Crippen LogP contribution in [0.5, 0.6) is 0 Å². The summed E-state index contributed by atoms with van der Waals surface area (Å²) in [5, 5.41) is 3.26. The molecule has 1 aromatic carbocycles. The van der Waals surface area contributed by atoms with Gasteiger partial charge in [-0.3, -0.25) is 18.7 Å². The normalized spacial score (nSPS) is 15.2. The molecule has 0 unspecified atom stereocenters. The van der Waals surface area contributed by atoms with Gasteiger partial charge in [-0.15, -0.1) is 0 Å². The SMILES string of the molecule is Cn1c(=O)c2cc(C(=O)NCC3(c4ccccc4)CCC3)cnc2n(C)c1=O. The number of rotatable bonds is 4. The van der Waals surface area contributed by atoms with Crippen LogP contribution in [0.25, 0.3) is 11.0 Å². The monoisotopic (exact) mass is 378 g/mol. The third-order valence-corrected chi connectivity index (χ3v) is 5.84. The molecule has 0 saturated heterocycles. The van der Waals surface area contributed by atoms with E-state index < -0.39 is 11.2 Å². The van der Waals surface area contributed by atoms with Crippen molar-refractivity contribution < 1.29 is 4.79 Å². The number of aromatic nitrogens is 3. The van der Waals surface area contributed by atoms with Gasteiger partial charge in [0.1, 0.15) is 5.65 Å². The maximum absolute atomic E-state index is 12.7. The second-order valence-corrected chi connectivity index (χ2v) is 7.48. The van der Waals surface area contributed by atoms with Gasteiger partial charge in [0.2, 0.25) is 0 Å². The zero-order chi connectivity index (χ0) is 19.9. The maximum Gasteiger partial charge on any atom is 0.332 e. The van der Waals surface area contributed by atoms with Crippen molar-refractivity contribution in [3.05, 3.63) is 74.6 Å². The summed E-state index contributed by atoms with van der Waals surface area (Å²) in [7, 11) is 2.97. The lowest BCUT2D eigenvalue weighted by atomic mass is 9.64. The Hall–Kier alpha value is -3.22. The smallest absolute Gasteiger partial charge is 0.332 e. The minimum atomic E-state index is -0.458. The van der Waals surface area contributed by atoms with Gasteiger partial charge in [-0.05, 0) is 24.5 Å². The second kappa shape index (κ2) is 6.74. The van der Waals surface area contributed by atoms with Crippen molar-refractivity contribution >= 4 is 16.9 Å². The Bertz CT molecular complexity index is 1170. The number of hydrogen-bond donors (Lipinski definition) is 1. The second-order valence-electron chi connectivity index (χ2n) is 7.48. The summed E-state index contributed by atoms with van der Waals surface area (Å²) in [4.78, 5) is 41.3. The summed E-state index contributed by atoms with van der Waals surface area (Å²) in [5.74, 6) is -0.271. The van der Waals surface area contributed by atoms with Gasteiger partial charge in [0.15, 0.2) is 0 Å². The first-order valence-corrected chi connectivity index (χ1v) is 9.32.